The molecule has 2 aromatic carbocycles. The molecule has 0 fully saturated rings. The Bertz CT molecular complexity index is 530. The molecule has 0 heterocycles. The van der Waals surface area contributed by atoms with Gasteiger partial charge in [-0.15, -0.1) is 0 Å². The van der Waals surface area contributed by atoms with E-state index in [-0.39, 0.29) is 0 Å². The number of anilines is 1. The summed E-state index contributed by atoms with van der Waals surface area (Å²) in [6.45, 7) is 0.584. The summed E-state index contributed by atoms with van der Waals surface area (Å²) in [5, 5.41) is 0. The first-order valence-corrected chi connectivity index (χ1v) is 6.41. The minimum atomic E-state index is 0.584. The zero-order valence-electron chi connectivity index (χ0n) is 11.8. The standard InChI is InChI=1S/C16H19NO3/c1-18-14-9-15(19-2)11-16(10-14)20-8-7-12-3-5-13(17)6-4-12/h3-6,9-11H,7-8,17H2,1-2H3. The highest BCUT2D eigenvalue weighted by atomic mass is 16.5. The van der Waals surface area contributed by atoms with Crippen LogP contribution in [0.25, 0.3) is 0 Å². The number of nitrogens with two attached hydrogens (primary N) is 1. The Hall–Kier alpha value is -2.36. The van der Waals surface area contributed by atoms with E-state index in [1.54, 1.807) is 14.2 Å². The van der Waals surface area contributed by atoms with E-state index in [9.17, 15) is 0 Å². The fourth-order valence-electron chi connectivity index (χ4n) is 1.84. The fourth-order valence-corrected chi connectivity index (χ4v) is 1.84. The third kappa shape index (κ3) is 3.82. The lowest BCUT2D eigenvalue weighted by Crippen LogP contribution is -2.02. The molecular formula is C16H19NO3. The molecule has 0 aliphatic rings. The second-order valence-electron chi connectivity index (χ2n) is 4.39. The molecule has 2 rings (SSSR count). The molecule has 20 heavy (non-hydrogen) atoms. The summed E-state index contributed by atoms with van der Waals surface area (Å²) in [5.41, 5.74) is 7.61. The third-order valence-corrected chi connectivity index (χ3v) is 2.96. The van der Waals surface area contributed by atoms with Crippen molar-refractivity contribution in [1.29, 1.82) is 0 Å². The molecule has 0 aromatic heterocycles. The Morgan fingerprint density at radius 1 is 0.850 bits per heavy atom. The zero-order chi connectivity index (χ0) is 14.4. The van der Waals surface area contributed by atoms with Gasteiger partial charge in [0, 0.05) is 30.3 Å². The van der Waals surface area contributed by atoms with Gasteiger partial charge in [-0.25, -0.2) is 0 Å². The summed E-state index contributed by atoms with van der Waals surface area (Å²) in [6, 6.07) is 13.3. The molecule has 0 radical (unpaired) electrons. The molecule has 0 spiro atoms. The van der Waals surface area contributed by atoms with Crippen LogP contribution in [0.15, 0.2) is 42.5 Å². The number of hydrogen-bond acceptors (Lipinski definition) is 4. The molecule has 2 aromatic rings. The van der Waals surface area contributed by atoms with Crippen molar-refractivity contribution in [2.24, 2.45) is 0 Å². The minimum Gasteiger partial charge on any atom is -0.496 e. The number of methoxy groups -OCH3 is 2. The van der Waals surface area contributed by atoms with Crippen molar-refractivity contribution in [2.45, 2.75) is 6.42 Å². The second kappa shape index (κ2) is 6.70. The monoisotopic (exact) mass is 273 g/mol. The van der Waals surface area contributed by atoms with E-state index in [0.717, 1.165) is 17.9 Å². The lowest BCUT2D eigenvalue weighted by molar-refractivity contribution is 0.315. The van der Waals surface area contributed by atoms with E-state index in [1.807, 2.05) is 42.5 Å². The summed E-state index contributed by atoms with van der Waals surface area (Å²) in [7, 11) is 3.24. The lowest BCUT2D eigenvalue weighted by Gasteiger charge is -2.10. The molecule has 0 saturated heterocycles. The van der Waals surface area contributed by atoms with Gasteiger partial charge in [-0.3, -0.25) is 0 Å². The number of rotatable bonds is 6. The molecule has 0 saturated carbocycles. The predicted octanol–water partition coefficient (Wildman–Crippen LogP) is 2.91. The maximum Gasteiger partial charge on any atom is 0.126 e. The topological polar surface area (TPSA) is 53.7 Å². The fraction of sp³-hybridized carbons (Fsp3) is 0.250. The summed E-state index contributed by atoms with van der Waals surface area (Å²) in [4.78, 5) is 0. The van der Waals surface area contributed by atoms with Crippen LogP contribution in [0, 0.1) is 0 Å². The Morgan fingerprint density at radius 2 is 1.40 bits per heavy atom. The van der Waals surface area contributed by atoms with E-state index in [1.165, 1.54) is 5.56 Å². The Morgan fingerprint density at radius 3 is 1.95 bits per heavy atom. The van der Waals surface area contributed by atoms with Gasteiger partial charge in [0.05, 0.1) is 20.8 Å². The van der Waals surface area contributed by atoms with E-state index < -0.39 is 0 Å². The molecule has 106 valence electrons. The van der Waals surface area contributed by atoms with Crippen molar-refractivity contribution in [3.63, 3.8) is 0 Å². The number of nitrogen functional groups attached to an aromatic ring is 1. The van der Waals surface area contributed by atoms with E-state index in [4.69, 9.17) is 19.9 Å². The van der Waals surface area contributed by atoms with Crippen LogP contribution in [0.3, 0.4) is 0 Å². The van der Waals surface area contributed by atoms with Crippen molar-refractivity contribution in [3.05, 3.63) is 48.0 Å². The van der Waals surface area contributed by atoms with Crippen molar-refractivity contribution < 1.29 is 14.2 Å². The van der Waals surface area contributed by atoms with Gasteiger partial charge in [-0.1, -0.05) is 12.1 Å². The Balaban J connectivity index is 1.94. The van der Waals surface area contributed by atoms with Gasteiger partial charge in [0.15, 0.2) is 0 Å². The second-order valence-corrected chi connectivity index (χ2v) is 4.39. The maximum absolute atomic E-state index is 5.73. The first-order chi connectivity index (χ1) is 9.71. The van der Waals surface area contributed by atoms with E-state index in [0.29, 0.717) is 18.1 Å². The Labute approximate surface area is 119 Å². The smallest absolute Gasteiger partial charge is 0.126 e. The molecule has 0 amide bonds. The van der Waals surface area contributed by atoms with Crippen molar-refractivity contribution in [1.82, 2.24) is 0 Å². The maximum atomic E-state index is 5.73. The molecule has 4 heteroatoms. The average molecular weight is 273 g/mol. The average Bonchev–Trinajstić information content (AvgIpc) is 2.49. The number of ether oxygens (including phenoxy) is 3. The SMILES string of the molecule is COc1cc(OC)cc(OCCc2ccc(N)cc2)c1. The normalized spacial score (nSPS) is 10.1. The highest BCUT2D eigenvalue weighted by Crippen LogP contribution is 2.27. The van der Waals surface area contributed by atoms with Crippen LogP contribution in [-0.4, -0.2) is 20.8 Å². The van der Waals surface area contributed by atoms with Gasteiger partial charge in [0.25, 0.3) is 0 Å². The van der Waals surface area contributed by atoms with Crippen LogP contribution < -0.4 is 19.9 Å². The van der Waals surface area contributed by atoms with Crippen molar-refractivity contribution in [2.75, 3.05) is 26.6 Å². The van der Waals surface area contributed by atoms with Crippen LogP contribution in [0.2, 0.25) is 0 Å². The number of hydrogen-bond donors (Lipinski definition) is 1. The van der Waals surface area contributed by atoms with Crippen LogP contribution in [0.4, 0.5) is 5.69 Å². The van der Waals surface area contributed by atoms with Gasteiger partial charge in [-0.2, -0.15) is 0 Å². The molecule has 0 aliphatic carbocycles. The van der Waals surface area contributed by atoms with Crippen LogP contribution in [0.1, 0.15) is 5.56 Å². The molecular weight excluding hydrogens is 254 g/mol. The van der Waals surface area contributed by atoms with Gasteiger partial charge < -0.3 is 19.9 Å². The van der Waals surface area contributed by atoms with Gasteiger partial charge >= 0.3 is 0 Å². The summed E-state index contributed by atoms with van der Waals surface area (Å²) in [5.74, 6) is 2.16. The van der Waals surface area contributed by atoms with Gasteiger partial charge in [0.1, 0.15) is 17.2 Å². The summed E-state index contributed by atoms with van der Waals surface area (Å²) >= 11 is 0. The van der Waals surface area contributed by atoms with E-state index >= 15 is 0 Å². The highest BCUT2D eigenvalue weighted by Gasteiger charge is 2.03. The Kier molecular flexibility index (Phi) is 4.71. The first-order valence-electron chi connectivity index (χ1n) is 6.41. The third-order valence-electron chi connectivity index (χ3n) is 2.96. The van der Waals surface area contributed by atoms with Crippen molar-refractivity contribution in [3.8, 4) is 17.2 Å². The molecule has 4 nitrogen and oxygen atoms in total. The first kappa shape index (κ1) is 14.1. The molecule has 0 atom stereocenters. The molecule has 0 unspecified atom stereocenters. The zero-order valence-corrected chi connectivity index (χ0v) is 11.8. The van der Waals surface area contributed by atoms with E-state index in [2.05, 4.69) is 0 Å². The van der Waals surface area contributed by atoms with Crippen LogP contribution >= 0.6 is 0 Å². The highest BCUT2D eigenvalue weighted by molar-refractivity contribution is 5.42. The van der Waals surface area contributed by atoms with Gasteiger partial charge in [-0.05, 0) is 17.7 Å². The lowest BCUT2D eigenvalue weighted by atomic mass is 10.1. The predicted molar refractivity (Wildman–Crippen MR) is 79.6 cm³/mol. The van der Waals surface area contributed by atoms with Crippen LogP contribution in [0.5, 0.6) is 17.2 Å². The molecule has 0 aliphatic heterocycles. The summed E-state index contributed by atoms with van der Waals surface area (Å²) in [6.07, 6.45) is 0.819. The van der Waals surface area contributed by atoms with Gasteiger partial charge in [0.2, 0.25) is 0 Å². The molecule has 2 N–H and O–H groups in total. The largest absolute Gasteiger partial charge is 0.496 e. The minimum absolute atomic E-state index is 0.584. The number of benzene rings is 2. The quantitative estimate of drug-likeness (QED) is 0.822. The van der Waals surface area contributed by atoms with Crippen LogP contribution in [-0.2, 0) is 6.42 Å². The van der Waals surface area contributed by atoms with Crippen molar-refractivity contribution >= 4 is 5.69 Å². The summed E-state index contributed by atoms with van der Waals surface area (Å²) < 4.78 is 16.1. The molecule has 0 bridgehead atoms.